The van der Waals surface area contributed by atoms with Crippen LogP contribution in [-0.2, 0) is 6.54 Å². The maximum absolute atomic E-state index is 13.0. The molecule has 13 heavy (non-hydrogen) atoms. The predicted octanol–water partition coefficient (Wildman–Crippen LogP) is 0.276. The van der Waals surface area contributed by atoms with E-state index in [1.54, 1.807) is 12.1 Å². The minimum absolute atomic E-state index is 0.137. The highest BCUT2D eigenvalue weighted by atomic mass is 19.1. The average molecular weight is 184 g/mol. The van der Waals surface area contributed by atoms with Gasteiger partial charge in [-0.05, 0) is 17.7 Å². The molecule has 0 aliphatic heterocycles. The normalized spacial score (nSPS) is 12.9. The molecule has 0 saturated heterocycles. The largest absolute Gasteiger partial charge is 0.394 e. The molecule has 0 amide bonds. The molecule has 0 aliphatic carbocycles. The van der Waals surface area contributed by atoms with E-state index in [0.29, 0.717) is 11.1 Å². The molecule has 0 radical (unpaired) electrons. The Morgan fingerprint density at radius 3 is 2.69 bits per heavy atom. The lowest BCUT2D eigenvalue weighted by Crippen LogP contribution is -2.15. The minimum atomic E-state index is -0.467. The van der Waals surface area contributed by atoms with E-state index < -0.39 is 6.04 Å². The second-order valence-electron chi connectivity index (χ2n) is 2.84. The van der Waals surface area contributed by atoms with Gasteiger partial charge in [-0.15, -0.1) is 0 Å². The van der Waals surface area contributed by atoms with Crippen LogP contribution in [0.4, 0.5) is 4.39 Å². The highest BCUT2D eigenvalue weighted by molar-refractivity contribution is 5.27. The van der Waals surface area contributed by atoms with Crippen molar-refractivity contribution < 1.29 is 9.50 Å². The molecule has 0 bridgehead atoms. The summed E-state index contributed by atoms with van der Waals surface area (Å²) in [7, 11) is 0. The Morgan fingerprint density at radius 1 is 1.46 bits per heavy atom. The zero-order valence-electron chi connectivity index (χ0n) is 7.20. The van der Waals surface area contributed by atoms with Crippen molar-refractivity contribution in [3.8, 4) is 0 Å². The predicted molar refractivity (Wildman–Crippen MR) is 48.3 cm³/mol. The van der Waals surface area contributed by atoms with Crippen molar-refractivity contribution in [2.24, 2.45) is 11.5 Å². The third kappa shape index (κ3) is 2.24. The molecule has 1 atom stereocenters. The highest BCUT2D eigenvalue weighted by Gasteiger charge is 2.07. The summed E-state index contributed by atoms with van der Waals surface area (Å²) in [4.78, 5) is 0. The Bertz CT molecular complexity index is 291. The van der Waals surface area contributed by atoms with Crippen LogP contribution in [0.5, 0.6) is 0 Å². The Balaban J connectivity index is 2.99. The molecular formula is C9H13FN2O. The van der Waals surface area contributed by atoms with E-state index in [2.05, 4.69) is 0 Å². The third-order valence-corrected chi connectivity index (χ3v) is 1.91. The van der Waals surface area contributed by atoms with Gasteiger partial charge in [0, 0.05) is 12.1 Å². The van der Waals surface area contributed by atoms with Crippen molar-refractivity contribution in [1.82, 2.24) is 0 Å². The molecule has 3 nitrogen and oxygen atoms in total. The number of hydrogen-bond donors (Lipinski definition) is 3. The molecule has 1 aromatic carbocycles. The number of hydrogen-bond acceptors (Lipinski definition) is 3. The van der Waals surface area contributed by atoms with Gasteiger partial charge in [0.05, 0.1) is 12.6 Å². The van der Waals surface area contributed by atoms with Crippen molar-refractivity contribution in [1.29, 1.82) is 0 Å². The van der Waals surface area contributed by atoms with Crippen LogP contribution < -0.4 is 11.5 Å². The zero-order chi connectivity index (χ0) is 9.84. The first-order valence-corrected chi connectivity index (χ1v) is 4.04. The molecule has 1 rings (SSSR count). The van der Waals surface area contributed by atoms with Crippen LogP contribution in [0.15, 0.2) is 18.2 Å². The fourth-order valence-corrected chi connectivity index (χ4v) is 1.09. The van der Waals surface area contributed by atoms with Crippen LogP contribution in [0.2, 0.25) is 0 Å². The van der Waals surface area contributed by atoms with Crippen LogP contribution in [0.25, 0.3) is 0 Å². The van der Waals surface area contributed by atoms with Gasteiger partial charge in [0.1, 0.15) is 5.82 Å². The SMILES string of the molecule is NCc1cc(C(N)CO)ccc1F. The van der Waals surface area contributed by atoms with Crippen LogP contribution in [0.3, 0.4) is 0 Å². The molecule has 4 heteroatoms. The highest BCUT2D eigenvalue weighted by Crippen LogP contribution is 2.14. The summed E-state index contributed by atoms with van der Waals surface area (Å²) in [6.07, 6.45) is 0. The van der Waals surface area contributed by atoms with Gasteiger partial charge in [-0.25, -0.2) is 4.39 Å². The fourth-order valence-electron chi connectivity index (χ4n) is 1.09. The molecule has 0 spiro atoms. The average Bonchev–Trinajstić information content (AvgIpc) is 2.17. The number of rotatable bonds is 3. The Kier molecular flexibility index (Phi) is 3.36. The van der Waals surface area contributed by atoms with Gasteiger partial charge in [-0.3, -0.25) is 0 Å². The van der Waals surface area contributed by atoms with E-state index in [4.69, 9.17) is 16.6 Å². The van der Waals surface area contributed by atoms with Gasteiger partial charge in [0.2, 0.25) is 0 Å². The standard InChI is InChI=1S/C9H13FN2O/c10-8-2-1-6(9(12)5-13)3-7(8)4-11/h1-3,9,13H,4-5,11-12H2. The van der Waals surface area contributed by atoms with Crippen molar-refractivity contribution in [2.45, 2.75) is 12.6 Å². The van der Waals surface area contributed by atoms with Crippen molar-refractivity contribution in [2.75, 3.05) is 6.61 Å². The van der Waals surface area contributed by atoms with Crippen LogP contribution in [0, 0.1) is 5.82 Å². The number of nitrogens with two attached hydrogens (primary N) is 2. The zero-order valence-corrected chi connectivity index (χ0v) is 7.20. The van der Waals surface area contributed by atoms with Crippen LogP contribution >= 0.6 is 0 Å². The van der Waals surface area contributed by atoms with E-state index in [-0.39, 0.29) is 19.0 Å². The van der Waals surface area contributed by atoms with Gasteiger partial charge >= 0.3 is 0 Å². The summed E-state index contributed by atoms with van der Waals surface area (Å²) in [5.74, 6) is -0.337. The van der Waals surface area contributed by atoms with E-state index in [9.17, 15) is 4.39 Å². The van der Waals surface area contributed by atoms with E-state index >= 15 is 0 Å². The fraction of sp³-hybridized carbons (Fsp3) is 0.333. The Morgan fingerprint density at radius 2 is 2.15 bits per heavy atom. The lowest BCUT2D eigenvalue weighted by atomic mass is 10.0. The third-order valence-electron chi connectivity index (χ3n) is 1.91. The summed E-state index contributed by atoms with van der Waals surface area (Å²) in [5.41, 5.74) is 12.0. The van der Waals surface area contributed by atoms with Crippen LogP contribution in [-0.4, -0.2) is 11.7 Å². The summed E-state index contributed by atoms with van der Waals surface area (Å²) in [6, 6.07) is 3.98. The number of halogens is 1. The summed E-state index contributed by atoms with van der Waals surface area (Å²) >= 11 is 0. The van der Waals surface area contributed by atoms with E-state index in [1.807, 2.05) is 0 Å². The van der Waals surface area contributed by atoms with Crippen molar-refractivity contribution >= 4 is 0 Å². The van der Waals surface area contributed by atoms with E-state index in [1.165, 1.54) is 6.07 Å². The molecular weight excluding hydrogens is 171 g/mol. The molecule has 0 aliphatic rings. The first-order valence-electron chi connectivity index (χ1n) is 4.04. The van der Waals surface area contributed by atoms with Crippen LogP contribution in [0.1, 0.15) is 17.2 Å². The van der Waals surface area contributed by atoms with E-state index in [0.717, 1.165) is 0 Å². The van der Waals surface area contributed by atoms with Gasteiger partial charge in [-0.1, -0.05) is 6.07 Å². The lowest BCUT2D eigenvalue weighted by molar-refractivity contribution is 0.268. The van der Waals surface area contributed by atoms with Gasteiger partial charge < -0.3 is 16.6 Å². The molecule has 72 valence electrons. The number of aliphatic hydroxyl groups is 1. The quantitative estimate of drug-likeness (QED) is 0.631. The molecule has 1 unspecified atom stereocenters. The van der Waals surface area contributed by atoms with Crippen molar-refractivity contribution in [3.63, 3.8) is 0 Å². The molecule has 1 aromatic rings. The second kappa shape index (κ2) is 4.32. The minimum Gasteiger partial charge on any atom is -0.394 e. The molecule has 5 N–H and O–H groups in total. The maximum Gasteiger partial charge on any atom is 0.127 e. The Labute approximate surface area is 76.2 Å². The second-order valence-corrected chi connectivity index (χ2v) is 2.84. The summed E-state index contributed by atoms with van der Waals surface area (Å²) in [6.45, 7) is -0.0204. The number of benzene rings is 1. The molecule has 0 fully saturated rings. The van der Waals surface area contributed by atoms with Crippen molar-refractivity contribution in [3.05, 3.63) is 35.1 Å². The Hall–Kier alpha value is -0.970. The van der Waals surface area contributed by atoms with Gasteiger partial charge in [-0.2, -0.15) is 0 Å². The lowest BCUT2D eigenvalue weighted by Gasteiger charge is -2.10. The number of aliphatic hydroxyl groups excluding tert-OH is 1. The van der Waals surface area contributed by atoms with Gasteiger partial charge in [0.25, 0.3) is 0 Å². The monoisotopic (exact) mass is 184 g/mol. The summed E-state index contributed by atoms with van der Waals surface area (Å²) in [5, 5.41) is 8.77. The van der Waals surface area contributed by atoms with Gasteiger partial charge in [0.15, 0.2) is 0 Å². The summed E-state index contributed by atoms with van der Waals surface area (Å²) < 4.78 is 13.0. The molecule has 0 heterocycles. The molecule has 0 saturated carbocycles. The topological polar surface area (TPSA) is 72.3 Å². The first kappa shape index (κ1) is 10.1. The smallest absolute Gasteiger partial charge is 0.127 e. The first-order chi connectivity index (χ1) is 6.19. The molecule has 0 aromatic heterocycles. The maximum atomic E-state index is 13.0.